The average molecular weight is 308 g/mol. The van der Waals surface area contributed by atoms with Gasteiger partial charge in [-0.1, -0.05) is 12.1 Å². The number of anilines is 2. The third-order valence-electron chi connectivity index (χ3n) is 3.26. The van der Waals surface area contributed by atoms with E-state index in [0.29, 0.717) is 12.5 Å². The molecule has 2 N–H and O–H groups in total. The molecule has 1 aromatic carbocycles. The zero-order valence-electron chi connectivity index (χ0n) is 12.0. The number of H-pyrrole nitrogens is 1. The Hall–Kier alpha value is -3.47. The van der Waals surface area contributed by atoms with Crippen molar-refractivity contribution in [1.82, 2.24) is 9.97 Å². The summed E-state index contributed by atoms with van der Waals surface area (Å²) in [6.45, 7) is 0.643. The van der Waals surface area contributed by atoms with Crippen molar-refractivity contribution >= 4 is 23.8 Å². The van der Waals surface area contributed by atoms with E-state index in [1.807, 2.05) is 6.07 Å². The molecule has 0 atom stereocenters. The molecule has 0 aliphatic carbocycles. The maximum atomic E-state index is 12.2. The maximum absolute atomic E-state index is 12.2. The third kappa shape index (κ3) is 2.94. The first-order valence-electron chi connectivity index (χ1n) is 6.89. The Morgan fingerprint density at radius 3 is 2.91 bits per heavy atom. The van der Waals surface area contributed by atoms with Gasteiger partial charge in [-0.15, -0.1) is 0 Å². The van der Waals surface area contributed by atoms with Crippen LogP contribution in [0.4, 0.5) is 11.6 Å². The van der Waals surface area contributed by atoms with Crippen LogP contribution in [0.5, 0.6) is 0 Å². The minimum absolute atomic E-state index is 0.00895. The summed E-state index contributed by atoms with van der Waals surface area (Å²) >= 11 is 0. The van der Waals surface area contributed by atoms with Crippen LogP contribution in [0.1, 0.15) is 22.3 Å². The lowest BCUT2D eigenvalue weighted by molar-refractivity contribution is 0.102. The molecule has 8 heteroatoms. The van der Waals surface area contributed by atoms with Gasteiger partial charge in [-0.25, -0.2) is 9.99 Å². The van der Waals surface area contributed by atoms with Crippen LogP contribution in [-0.2, 0) is 0 Å². The number of hydrogen-bond acceptors (Lipinski definition) is 6. The van der Waals surface area contributed by atoms with E-state index in [-0.39, 0.29) is 16.8 Å². The summed E-state index contributed by atoms with van der Waals surface area (Å²) in [5.74, 6) is -0.222. The first-order valence-corrected chi connectivity index (χ1v) is 6.89. The molecule has 0 spiro atoms. The number of nitriles is 1. The molecule has 23 heavy (non-hydrogen) atoms. The maximum Gasteiger partial charge on any atom is 0.276 e. The lowest BCUT2D eigenvalue weighted by atomic mass is 10.1. The van der Waals surface area contributed by atoms with Crippen molar-refractivity contribution in [1.29, 1.82) is 5.26 Å². The molecular weight excluding hydrogens is 296 g/mol. The molecule has 0 bridgehead atoms. The van der Waals surface area contributed by atoms with Crippen molar-refractivity contribution in [2.75, 3.05) is 16.9 Å². The molecule has 1 amide bonds. The molecule has 2 aromatic rings. The van der Waals surface area contributed by atoms with Crippen LogP contribution in [0.25, 0.3) is 0 Å². The number of nitrogens with one attached hydrogen (secondary N) is 2. The number of carbonyl (C=O) groups excluding carboxylic acids is 1. The van der Waals surface area contributed by atoms with Crippen LogP contribution in [0.15, 0.2) is 40.4 Å². The molecule has 3 rings (SSSR count). The minimum atomic E-state index is -0.540. The van der Waals surface area contributed by atoms with E-state index in [2.05, 4.69) is 20.4 Å². The van der Waals surface area contributed by atoms with Crippen molar-refractivity contribution in [2.45, 2.75) is 6.42 Å². The predicted molar refractivity (Wildman–Crippen MR) is 84.4 cm³/mol. The molecule has 1 aromatic heterocycles. The van der Waals surface area contributed by atoms with Crippen LogP contribution in [0, 0.1) is 11.3 Å². The van der Waals surface area contributed by atoms with E-state index in [4.69, 9.17) is 5.26 Å². The van der Waals surface area contributed by atoms with E-state index < -0.39 is 11.5 Å². The Morgan fingerprint density at radius 1 is 1.39 bits per heavy atom. The number of carbonyl (C=O) groups is 1. The number of hydrazone groups is 1. The van der Waals surface area contributed by atoms with Gasteiger partial charge in [0.2, 0.25) is 5.95 Å². The second-order valence-corrected chi connectivity index (χ2v) is 4.77. The Labute approximate surface area is 131 Å². The Balaban J connectivity index is 1.83. The van der Waals surface area contributed by atoms with Gasteiger partial charge in [-0.2, -0.15) is 10.4 Å². The summed E-state index contributed by atoms with van der Waals surface area (Å²) in [6.07, 6.45) is 3.79. The first kappa shape index (κ1) is 14.5. The molecule has 0 fully saturated rings. The number of aromatic amines is 1. The lowest BCUT2D eigenvalue weighted by Gasteiger charge is -2.12. The van der Waals surface area contributed by atoms with Gasteiger partial charge < -0.3 is 5.32 Å². The van der Waals surface area contributed by atoms with Crippen molar-refractivity contribution in [3.8, 4) is 6.07 Å². The van der Waals surface area contributed by atoms with Gasteiger partial charge in [-0.3, -0.25) is 14.6 Å². The van der Waals surface area contributed by atoms with Gasteiger partial charge in [-0.05, 0) is 12.1 Å². The monoisotopic (exact) mass is 308 g/mol. The smallest absolute Gasteiger partial charge is 0.276 e. The fourth-order valence-electron chi connectivity index (χ4n) is 2.13. The van der Waals surface area contributed by atoms with Crippen LogP contribution >= 0.6 is 0 Å². The van der Waals surface area contributed by atoms with Crippen LogP contribution < -0.4 is 15.9 Å². The number of rotatable bonds is 3. The molecular formula is C15H12N6O2. The van der Waals surface area contributed by atoms with Crippen LogP contribution in [0.2, 0.25) is 0 Å². The topological polar surface area (TPSA) is 114 Å². The molecule has 1 aliphatic heterocycles. The summed E-state index contributed by atoms with van der Waals surface area (Å²) < 4.78 is 0. The zero-order chi connectivity index (χ0) is 16.2. The van der Waals surface area contributed by atoms with Gasteiger partial charge in [0.15, 0.2) is 0 Å². The molecule has 2 heterocycles. The Morgan fingerprint density at radius 2 is 2.22 bits per heavy atom. The zero-order valence-corrected chi connectivity index (χ0v) is 12.0. The van der Waals surface area contributed by atoms with E-state index in [1.54, 1.807) is 23.4 Å². The Kier molecular flexibility index (Phi) is 3.84. The highest BCUT2D eigenvalue weighted by Crippen LogP contribution is 2.12. The number of nitrogens with zero attached hydrogens (tertiary/aromatic N) is 4. The Bertz CT molecular complexity index is 880. The largest absolute Gasteiger partial charge is 0.316 e. The minimum Gasteiger partial charge on any atom is -0.316 e. The average Bonchev–Trinajstić information content (AvgIpc) is 3.11. The van der Waals surface area contributed by atoms with E-state index >= 15 is 0 Å². The van der Waals surface area contributed by atoms with Crippen LogP contribution in [-0.4, -0.2) is 28.6 Å². The quantitative estimate of drug-likeness (QED) is 0.881. The highest BCUT2D eigenvalue weighted by atomic mass is 16.2. The number of benzene rings is 1. The second kappa shape index (κ2) is 6.11. The van der Waals surface area contributed by atoms with Crippen LogP contribution in [0.3, 0.4) is 0 Å². The summed E-state index contributed by atoms with van der Waals surface area (Å²) in [5, 5.41) is 17.1. The molecule has 0 saturated carbocycles. The third-order valence-corrected chi connectivity index (χ3v) is 3.26. The summed E-state index contributed by atoms with van der Waals surface area (Å²) in [7, 11) is 0. The lowest BCUT2D eigenvalue weighted by Crippen LogP contribution is -2.24. The van der Waals surface area contributed by atoms with Crippen molar-refractivity contribution in [3.63, 3.8) is 0 Å². The highest BCUT2D eigenvalue weighted by Gasteiger charge is 2.15. The van der Waals surface area contributed by atoms with E-state index in [1.165, 1.54) is 18.3 Å². The summed E-state index contributed by atoms with van der Waals surface area (Å²) in [5.41, 5.74) is -0.0467. The highest BCUT2D eigenvalue weighted by molar-refractivity contribution is 6.05. The molecule has 114 valence electrons. The second-order valence-electron chi connectivity index (χ2n) is 4.77. The molecule has 0 unspecified atom stereocenters. The number of hydrogen-bond donors (Lipinski definition) is 2. The summed E-state index contributed by atoms with van der Waals surface area (Å²) in [6, 6.07) is 8.30. The molecule has 0 saturated heterocycles. The normalized spacial score (nSPS) is 12.9. The van der Waals surface area contributed by atoms with Gasteiger partial charge in [0.1, 0.15) is 5.69 Å². The molecule has 8 nitrogen and oxygen atoms in total. The number of aromatic nitrogens is 2. The van der Waals surface area contributed by atoms with Crippen molar-refractivity contribution in [2.24, 2.45) is 5.10 Å². The standard InChI is InChI=1S/C15H12N6O2/c16-8-10-4-1-2-5-11(10)13(22)19-12-9-17-15(20-14(12)23)21-7-3-6-18-21/h1-2,4-6,9H,3,7H2,(H,19,22)(H,17,20,23). The van der Waals surface area contributed by atoms with Gasteiger partial charge in [0, 0.05) is 19.2 Å². The SMILES string of the molecule is N#Cc1ccccc1C(=O)Nc1cnc(N2CCC=N2)[nH]c1=O. The molecule has 1 aliphatic rings. The fraction of sp³-hybridized carbons (Fsp3) is 0.133. The first-order chi connectivity index (χ1) is 11.2. The van der Waals surface area contributed by atoms with Crippen molar-refractivity contribution in [3.05, 3.63) is 51.9 Å². The fourth-order valence-corrected chi connectivity index (χ4v) is 2.13. The van der Waals surface area contributed by atoms with Gasteiger partial charge >= 0.3 is 0 Å². The van der Waals surface area contributed by atoms with Crippen molar-refractivity contribution < 1.29 is 4.79 Å². The van der Waals surface area contributed by atoms with E-state index in [9.17, 15) is 9.59 Å². The molecule has 0 radical (unpaired) electrons. The number of amides is 1. The predicted octanol–water partition coefficient (Wildman–Crippen LogP) is 1.09. The summed E-state index contributed by atoms with van der Waals surface area (Å²) in [4.78, 5) is 30.9. The van der Waals surface area contributed by atoms with Gasteiger partial charge in [0.25, 0.3) is 11.5 Å². The van der Waals surface area contributed by atoms with E-state index in [0.717, 1.165) is 6.42 Å². The van der Waals surface area contributed by atoms with Gasteiger partial charge in [0.05, 0.1) is 23.4 Å².